The molecule has 0 aromatic heterocycles. The van der Waals surface area contributed by atoms with Crippen molar-refractivity contribution in [3.63, 3.8) is 0 Å². The van der Waals surface area contributed by atoms with Gasteiger partial charge in [0.1, 0.15) is 5.60 Å². The van der Waals surface area contributed by atoms with Gasteiger partial charge in [0.2, 0.25) is 0 Å². The van der Waals surface area contributed by atoms with Gasteiger partial charge in [0.25, 0.3) is 5.69 Å². The Balaban J connectivity index is 1.71. The Morgan fingerprint density at radius 1 is 1.33 bits per heavy atom. The zero-order valence-corrected chi connectivity index (χ0v) is 13.8. The Morgan fingerprint density at radius 3 is 2.58 bits per heavy atom. The smallest absolute Gasteiger partial charge is 0.410 e. The second-order valence-electron chi connectivity index (χ2n) is 6.92. The van der Waals surface area contributed by atoms with Crippen molar-refractivity contribution >= 4 is 17.5 Å². The number of hydrogen-bond acceptors (Lipinski definition) is 6. The molecule has 2 heterocycles. The van der Waals surface area contributed by atoms with Gasteiger partial charge in [0.15, 0.2) is 6.10 Å². The van der Waals surface area contributed by atoms with Crippen molar-refractivity contribution in [2.24, 2.45) is 11.1 Å². The van der Waals surface area contributed by atoms with E-state index in [1.54, 1.807) is 17.0 Å². The zero-order valence-electron chi connectivity index (χ0n) is 13.8. The van der Waals surface area contributed by atoms with Crippen LogP contribution in [0.5, 0.6) is 0 Å². The summed E-state index contributed by atoms with van der Waals surface area (Å²) in [7, 11) is 0. The number of nitro benzene ring substituents is 1. The molecular weight excluding hydrogens is 314 g/mol. The summed E-state index contributed by atoms with van der Waals surface area (Å²) in [6, 6.07) is 6.18. The van der Waals surface area contributed by atoms with Gasteiger partial charge >= 0.3 is 6.09 Å². The summed E-state index contributed by atoms with van der Waals surface area (Å²) in [6.07, 6.45) is -0.578. The molecule has 0 radical (unpaired) electrons. The number of nitro groups is 1. The Bertz CT molecular complexity index is 693. The average Bonchev–Trinajstić information content (AvgIpc) is 3.05. The summed E-state index contributed by atoms with van der Waals surface area (Å²) in [6.45, 7) is 6.33. The highest BCUT2D eigenvalue weighted by molar-refractivity contribution is 6.03. The van der Waals surface area contributed by atoms with E-state index in [0.717, 1.165) is 5.56 Å². The van der Waals surface area contributed by atoms with E-state index in [1.165, 1.54) is 12.1 Å². The lowest BCUT2D eigenvalue weighted by atomic mass is 9.95. The first-order chi connectivity index (χ1) is 11.2. The fourth-order valence-electron chi connectivity index (χ4n) is 2.83. The molecule has 8 nitrogen and oxygen atoms in total. The van der Waals surface area contributed by atoms with Gasteiger partial charge in [-0.25, -0.2) is 4.79 Å². The fraction of sp³-hybridized carbons (Fsp3) is 0.500. The van der Waals surface area contributed by atoms with Crippen molar-refractivity contribution in [1.82, 2.24) is 4.90 Å². The van der Waals surface area contributed by atoms with Crippen LogP contribution in [0.25, 0.3) is 0 Å². The summed E-state index contributed by atoms with van der Waals surface area (Å²) >= 11 is 0. The number of non-ortho nitro benzene ring substituents is 1. The van der Waals surface area contributed by atoms with Crippen molar-refractivity contribution in [2.45, 2.75) is 32.5 Å². The highest BCUT2D eigenvalue weighted by atomic mass is 16.6. The molecule has 2 unspecified atom stereocenters. The molecule has 1 fully saturated rings. The van der Waals surface area contributed by atoms with Crippen molar-refractivity contribution in [1.29, 1.82) is 0 Å². The van der Waals surface area contributed by atoms with Crippen molar-refractivity contribution in [2.75, 3.05) is 13.1 Å². The third-order valence-electron chi connectivity index (χ3n) is 3.93. The van der Waals surface area contributed by atoms with E-state index in [2.05, 4.69) is 5.16 Å². The minimum atomic E-state index is -0.551. The maximum absolute atomic E-state index is 12.2. The number of carbonyl (C=O) groups excluding carboxylic acids is 1. The average molecular weight is 333 g/mol. The Labute approximate surface area is 139 Å². The molecule has 0 spiro atoms. The van der Waals surface area contributed by atoms with Gasteiger partial charge in [-0.15, -0.1) is 0 Å². The summed E-state index contributed by atoms with van der Waals surface area (Å²) in [5, 5.41) is 14.8. The van der Waals surface area contributed by atoms with Crippen LogP contribution in [0.2, 0.25) is 0 Å². The molecule has 2 aliphatic heterocycles. The molecule has 0 bridgehead atoms. The van der Waals surface area contributed by atoms with E-state index >= 15 is 0 Å². The normalized spacial score (nSPS) is 22.6. The monoisotopic (exact) mass is 333 g/mol. The summed E-state index contributed by atoms with van der Waals surface area (Å²) < 4.78 is 5.39. The number of benzene rings is 1. The fourth-order valence-corrected chi connectivity index (χ4v) is 2.83. The molecule has 128 valence electrons. The van der Waals surface area contributed by atoms with Crippen LogP contribution in [0.15, 0.2) is 29.4 Å². The van der Waals surface area contributed by atoms with Crippen molar-refractivity contribution in [3.05, 3.63) is 39.9 Å². The van der Waals surface area contributed by atoms with Gasteiger partial charge in [-0.3, -0.25) is 10.1 Å². The molecule has 2 aliphatic rings. The van der Waals surface area contributed by atoms with Gasteiger partial charge < -0.3 is 14.5 Å². The number of amides is 1. The molecule has 0 N–H and O–H groups in total. The molecule has 8 heteroatoms. The van der Waals surface area contributed by atoms with E-state index in [1.807, 2.05) is 20.8 Å². The third-order valence-corrected chi connectivity index (χ3v) is 3.93. The van der Waals surface area contributed by atoms with Crippen LogP contribution >= 0.6 is 0 Å². The Hall–Kier alpha value is -2.64. The maximum Gasteiger partial charge on any atom is 0.410 e. The van der Waals surface area contributed by atoms with Crippen LogP contribution in [0.4, 0.5) is 10.5 Å². The number of ether oxygens (including phenoxy) is 1. The first-order valence-corrected chi connectivity index (χ1v) is 7.71. The van der Waals surface area contributed by atoms with Gasteiger partial charge in [0.05, 0.1) is 23.1 Å². The van der Waals surface area contributed by atoms with Crippen LogP contribution in [0.1, 0.15) is 26.3 Å². The molecule has 1 aromatic rings. The van der Waals surface area contributed by atoms with Crippen LogP contribution in [-0.4, -0.2) is 46.4 Å². The molecule has 3 rings (SSSR count). The molecule has 1 amide bonds. The van der Waals surface area contributed by atoms with Crippen LogP contribution in [0.3, 0.4) is 0 Å². The number of fused-ring (bicyclic) bond motifs is 1. The summed E-state index contributed by atoms with van der Waals surface area (Å²) in [5.74, 6) is -0.0565. The number of rotatable bonds is 2. The second kappa shape index (κ2) is 5.77. The number of likely N-dealkylation sites (tertiary alicyclic amines) is 1. The van der Waals surface area contributed by atoms with E-state index in [-0.39, 0.29) is 23.8 Å². The molecular formula is C16H19N3O5. The van der Waals surface area contributed by atoms with Gasteiger partial charge in [-0.2, -0.15) is 0 Å². The summed E-state index contributed by atoms with van der Waals surface area (Å²) in [4.78, 5) is 29.5. The number of carbonyl (C=O) groups is 1. The van der Waals surface area contributed by atoms with E-state index in [4.69, 9.17) is 9.57 Å². The lowest BCUT2D eigenvalue weighted by molar-refractivity contribution is -0.384. The molecule has 2 atom stereocenters. The number of nitrogens with zero attached hydrogens (tertiary/aromatic N) is 3. The van der Waals surface area contributed by atoms with E-state index in [9.17, 15) is 14.9 Å². The largest absolute Gasteiger partial charge is 0.444 e. The van der Waals surface area contributed by atoms with E-state index in [0.29, 0.717) is 18.8 Å². The topological polar surface area (TPSA) is 94.3 Å². The third kappa shape index (κ3) is 3.17. The van der Waals surface area contributed by atoms with E-state index < -0.39 is 10.5 Å². The predicted octanol–water partition coefficient (Wildman–Crippen LogP) is 2.56. The lowest BCUT2D eigenvalue weighted by Gasteiger charge is -2.24. The number of oxime groups is 1. The Morgan fingerprint density at radius 2 is 2.00 bits per heavy atom. The minimum absolute atomic E-state index is 0.0246. The summed E-state index contributed by atoms with van der Waals surface area (Å²) in [5.41, 5.74) is 0.946. The molecule has 0 aliphatic carbocycles. The molecule has 24 heavy (non-hydrogen) atoms. The van der Waals surface area contributed by atoms with Gasteiger partial charge in [0, 0.05) is 24.2 Å². The standard InChI is InChI=1S/C16H19N3O5/c1-16(2,3)23-15(20)18-8-12-13(9-18)24-17-14(12)10-4-6-11(7-5-10)19(21)22/h4-7,12-13H,8-9H2,1-3H3. The minimum Gasteiger partial charge on any atom is -0.444 e. The van der Waals surface area contributed by atoms with Crippen LogP contribution in [0, 0.1) is 16.0 Å². The Kier molecular flexibility index (Phi) is 3.90. The second-order valence-corrected chi connectivity index (χ2v) is 6.92. The van der Waals surface area contributed by atoms with Gasteiger partial charge in [-0.05, 0) is 32.9 Å². The molecule has 0 saturated carbocycles. The predicted molar refractivity (Wildman–Crippen MR) is 85.8 cm³/mol. The molecule has 1 saturated heterocycles. The first kappa shape index (κ1) is 16.2. The number of hydrogen-bond donors (Lipinski definition) is 0. The first-order valence-electron chi connectivity index (χ1n) is 7.71. The van der Waals surface area contributed by atoms with Crippen LogP contribution < -0.4 is 0 Å². The zero-order chi connectivity index (χ0) is 17.5. The lowest BCUT2D eigenvalue weighted by Crippen LogP contribution is -2.36. The molecule has 1 aromatic carbocycles. The maximum atomic E-state index is 12.2. The SMILES string of the molecule is CC(C)(C)OC(=O)N1CC2ON=C(c3ccc([N+](=O)[O-])cc3)C2C1. The van der Waals surface area contributed by atoms with Gasteiger partial charge in [-0.1, -0.05) is 5.16 Å². The highest BCUT2D eigenvalue weighted by Crippen LogP contribution is 2.31. The van der Waals surface area contributed by atoms with Crippen LogP contribution in [-0.2, 0) is 9.57 Å². The van der Waals surface area contributed by atoms with Crippen molar-refractivity contribution in [3.8, 4) is 0 Å². The quantitative estimate of drug-likeness (QED) is 0.612. The highest BCUT2D eigenvalue weighted by Gasteiger charge is 2.45. The van der Waals surface area contributed by atoms with Crippen molar-refractivity contribution < 1.29 is 19.3 Å².